The molecule has 0 bridgehead atoms. The molecule has 0 fully saturated rings. The molecule has 2 aromatic carbocycles. The van der Waals surface area contributed by atoms with E-state index in [-0.39, 0.29) is 19.1 Å². The van der Waals surface area contributed by atoms with Gasteiger partial charge < -0.3 is 25.3 Å². The second-order valence-electron chi connectivity index (χ2n) is 7.86. The summed E-state index contributed by atoms with van der Waals surface area (Å²) in [6, 6.07) is 19.7. The van der Waals surface area contributed by atoms with E-state index < -0.39 is 18.3 Å². The van der Waals surface area contributed by atoms with E-state index >= 15 is 0 Å². The second-order valence-corrected chi connectivity index (χ2v) is 7.86. The molecular formula is C25H23N3O4. The van der Waals surface area contributed by atoms with Crippen LogP contribution in [0.5, 0.6) is 0 Å². The summed E-state index contributed by atoms with van der Waals surface area (Å²) < 4.78 is 5.48. The SMILES string of the molecule is O=C(NCC(O)C(O)c1ccnc2[nH]ccc12)OCC1c2ccccc2-c2ccccc21. The Bertz CT molecular complexity index is 1220. The zero-order chi connectivity index (χ0) is 22.1. The number of hydrogen-bond acceptors (Lipinski definition) is 5. The summed E-state index contributed by atoms with van der Waals surface area (Å²) in [5.74, 6) is -0.0395. The molecule has 2 aromatic heterocycles. The number of nitrogens with zero attached hydrogens (tertiary/aromatic N) is 1. The maximum absolute atomic E-state index is 12.3. The summed E-state index contributed by atoms with van der Waals surface area (Å²) in [6.45, 7) is 0.0406. The molecule has 7 nitrogen and oxygen atoms in total. The summed E-state index contributed by atoms with van der Waals surface area (Å²) >= 11 is 0. The Morgan fingerprint density at radius 1 is 1.03 bits per heavy atom. The van der Waals surface area contributed by atoms with Gasteiger partial charge in [-0.25, -0.2) is 9.78 Å². The van der Waals surface area contributed by atoms with Crippen LogP contribution in [-0.2, 0) is 4.74 Å². The Morgan fingerprint density at radius 3 is 2.44 bits per heavy atom. The predicted molar refractivity (Wildman–Crippen MR) is 120 cm³/mol. The van der Waals surface area contributed by atoms with E-state index in [4.69, 9.17) is 4.74 Å². The fourth-order valence-corrected chi connectivity index (χ4v) is 4.40. The third-order valence-electron chi connectivity index (χ3n) is 5.98. The summed E-state index contributed by atoms with van der Waals surface area (Å²) in [4.78, 5) is 19.5. The molecule has 0 radical (unpaired) electrons. The van der Waals surface area contributed by atoms with Crippen molar-refractivity contribution in [3.8, 4) is 11.1 Å². The molecule has 1 aliphatic rings. The van der Waals surface area contributed by atoms with Gasteiger partial charge in [0.05, 0.1) is 0 Å². The monoisotopic (exact) mass is 429 g/mol. The summed E-state index contributed by atoms with van der Waals surface area (Å²) in [5, 5.41) is 24.2. The number of carbonyl (C=O) groups is 1. The minimum Gasteiger partial charge on any atom is -0.449 e. The first-order valence-corrected chi connectivity index (χ1v) is 10.5. The van der Waals surface area contributed by atoms with Crippen LogP contribution in [0.25, 0.3) is 22.2 Å². The number of alkyl carbamates (subject to hydrolysis) is 1. The number of ether oxygens (including phenoxy) is 1. The number of aliphatic hydroxyl groups is 2. The number of fused-ring (bicyclic) bond motifs is 4. The Hall–Kier alpha value is -3.68. The van der Waals surface area contributed by atoms with Crippen LogP contribution in [0.3, 0.4) is 0 Å². The van der Waals surface area contributed by atoms with Crippen molar-refractivity contribution in [3.63, 3.8) is 0 Å². The van der Waals surface area contributed by atoms with Gasteiger partial charge in [0, 0.05) is 30.2 Å². The number of benzene rings is 2. The molecule has 0 saturated carbocycles. The van der Waals surface area contributed by atoms with Gasteiger partial charge in [-0.05, 0) is 39.9 Å². The van der Waals surface area contributed by atoms with Crippen molar-refractivity contribution >= 4 is 17.1 Å². The zero-order valence-corrected chi connectivity index (χ0v) is 17.2. The van der Waals surface area contributed by atoms with Crippen molar-refractivity contribution in [2.45, 2.75) is 18.1 Å². The van der Waals surface area contributed by atoms with Gasteiger partial charge in [-0.2, -0.15) is 0 Å². The van der Waals surface area contributed by atoms with Crippen LogP contribution in [0.1, 0.15) is 28.7 Å². The van der Waals surface area contributed by atoms with E-state index in [0.29, 0.717) is 11.2 Å². The van der Waals surface area contributed by atoms with E-state index in [1.165, 1.54) is 0 Å². The normalized spacial score (nSPS) is 14.6. The third-order valence-corrected chi connectivity index (χ3v) is 5.98. The zero-order valence-electron chi connectivity index (χ0n) is 17.2. The molecule has 1 amide bonds. The summed E-state index contributed by atoms with van der Waals surface area (Å²) in [7, 11) is 0. The lowest BCUT2D eigenvalue weighted by atomic mass is 9.98. The van der Waals surface area contributed by atoms with Crippen molar-refractivity contribution in [2.24, 2.45) is 0 Å². The molecule has 4 N–H and O–H groups in total. The first-order chi connectivity index (χ1) is 15.6. The summed E-state index contributed by atoms with van der Waals surface area (Å²) in [5.41, 5.74) is 5.74. The van der Waals surface area contributed by atoms with Gasteiger partial charge in [-0.15, -0.1) is 0 Å². The van der Waals surface area contributed by atoms with Crippen LogP contribution >= 0.6 is 0 Å². The van der Waals surface area contributed by atoms with Crippen LogP contribution in [-0.4, -0.2) is 45.5 Å². The quantitative estimate of drug-likeness (QED) is 0.375. The number of rotatable bonds is 6. The number of H-pyrrole nitrogens is 1. The average Bonchev–Trinajstić information content (AvgIpc) is 3.43. The molecular weight excluding hydrogens is 406 g/mol. The highest BCUT2D eigenvalue weighted by Gasteiger charge is 2.29. The number of hydrogen-bond donors (Lipinski definition) is 4. The molecule has 2 atom stereocenters. The molecule has 7 heteroatoms. The minimum absolute atomic E-state index is 0.0395. The highest BCUT2D eigenvalue weighted by molar-refractivity contribution is 5.80. The number of aliphatic hydroxyl groups excluding tert-OH is 2. The maximum atomic E-state index is 12.3. The van der Waals surface area contributed by atoms with Crippen LogP contribution < -0.4 is 5.32 Å². The molecule has 162 valence electrons. The molecule has 2 unspecified atom stereocenters. The number of aromatic amines is 1. The number of pyridine rings is 1. The van der Waals surface area contributed by atoms with E-state index in [1.54, 1.807) is 24.5 Å². The van der Waals surface area contributed by atoms with E-state index in [1.807, 2.05) is 24.3 Å². The van der Waals surface area contributed by atoms with Crippen LogP contribution in [0.2, 0.25) is 0 Å². The molecule has 5 rings (SSSR count). The number of nitrogens with one attached hydrogen (secondary N) is 2. The number of aromatic nitrogens is 2. The Morgan fingerprint density at radius 2 is 1.72 bits per heavy atom. The smallest absolute Gasteiger partial charge is 0.407 e. The predicted octanol–water partition coefficient (Wildman–Crippen LogP) is 3.50. The van der Waals surface area contributed by atoms with Crippen molar-refractivity contribution in [1.82, 2.24) is 15.3 Å². The lowest BCUT2D eigenvalue weighted by Gasteiger charge is -2.20. The van der Waals surface area contributed by atoms with Gasteiger partial charge in [-0.1, -0.05) is 48.5 Å². The van der Waals surface area contributed by atoms with Crippen molar-refractivity contribution in [1.29, 1.82) is 0 Å². The highest BCUT2D eigenvalue weighted by atomic mass is 16.5. The molecule has 1 aliphatic carbocycles. The van der Waals surface area contributed by atoms with Crippen molar-refractivity contribution in [2.75, 3.05) is 13.2 Å². The molecule has 0 aliphatic heterocycles. The minimum atomic E-state index is -1.20. The Balaban J connectivity index is 1.20. The second kappa shape index (κ2) is 8.45. The molecule has 32 heavy (non-hydrogen) atoms. The topological polar surface area (TPSA) is 107 Å². The highest BCUT2D eigenvalue weighted by Crippen LogP contribution is 2.44. The molecule has 0 saturated heterocycles. The Labute approximate surface area is 184 Å². The Kier molecular flexibility index (Phi) is 5.34. The van der Waals surface area contributed by atoms with Crippen LogP contribution in [0.15, 0.2) is 73.1 Å². The van der Waals surface area contributed by atoms with Crippen LogP contribution in [0, 0.1) is 0 Å². The van der Waals surface area contributed by atoms with E-state index in [2.05, 4.69) is 39.6 Å². The first kappa shape index (κ1) is 20.2. The van der Waals surface area contributed by atoms with Crippen molar-refractivity contribution < 1.29 is 19.7 Å². The molecule has 4 aromatic rings. The summed E-state index contributed by atoms with van der Waals surface area (Å²) in [6.07, 6.45) is 0.263. The van der Waals surface area contributed by atoms with Gasteiger partial charge in [0.25, 0.3) is 0 Å². The number of amides is 1. The standard InChI is InChI=1S/C25H23N3O4/c29-22(23(30)19-9-11-26-24-20(19)10-12-27-24)13-28-25(31)32-14-21-17-7-3-1-5-15(17)16-6-2-4-8-18(16)21/h1-12,21-23,29-30H,13-14H2,(H,26,27)(H,28,31). The fraction of sp³-hybridized carbons (Fsp3) is 0.200. The fourth-order valence-electron chi connectivity index (χ4n) is 4.40. The van der Waals surface area contributed by atoms with Gasteiger partial charge in [-0.3, -0.25) is 0 Å². The van der Waals surface area contributed by atoms with Gasteiger partial charge in [0.15, 0.2) is 0 Å². The average molecular weight is 429 g/mol. The van der Waals surface area contributed by atoms with E-state index in [9.17, 15) is 15.0 Å². The van der Waals surface area contributed by atoms with Gasteiger partial charge in [0.2, 0.25) is 0 Å². The van der Waals surface area contributed by atoms with Crippen LogP contribution in [0.4, 0.5) is 4.79 Å². The number of carbonyl (C=O) groups excluding carboxylic acids is 1. The largest absolute Gasteiger partial charge is 0.449 e. The van der Waals surface area contributed by atoms with Gasteiger partial charge in [0.1, 0.15) is 24.5 Å². The first-order valence-electron chi connectivity index (χ1n) is 10.5. The lowest BCUT2D eigenvalue weighted by molar-refractivity contribution is 0.0194. The lowest BCUT2D eigenvalue weighted by Crippen LogP contribution is -2.36. The third kappa shape index (κ3) is 3.62. The molecule has 2 heterocycles. The molecule has 0 spiro atoms. The van der Waals surface area contributed by atoms with Gasteiger partial charge >= 0.3 is 6.09 Å². The maximum Gasteiger partial charge on any atom is 0.407 e. The van der Waals surface area contributed by atoms with E-state index in [0.717, 1.165) is 27.6 Å². The van der Waals surface area contributed by atoms with Crippen molar-refractivity contribution in [3.05, 3.63) is 89.7 Å².